The zero-order valence-electron chi connectivity index (χ0n) is 12.4. The number of nitrogens with zero attached hydrogens (tertiary/aromatic N) is 1. The van der Waals surface area contributed by atoms with Gasteiger partial charge in [0.2, 0.25) is 0 Å². The van der Waals surface area contributed by atoms with E-state index in [9.17, 15) is 4.79 Å². The molecule has 21 heavy (non-hydrogen) atoms. The molecule has 0 atom stereocenters. The van der Waals surface area contributed by atoms with E-state index in [0.29, 0.717) is 29.2 Å². The molecule has 1 aromatic heterocycles. The number of rotatable bonds is 4. The lowest BCUT2D eigenvalue weighted by Crippen LogP contribution is -2.15. The van der Waals surface area contributed by atoms with E-state index in [4.69, 9.17) is 10.5 Å². The maximum atomic E-state index is 12.3. The highest BCUT2D eigenvalue weighted by atomic mass is 16.5. The Bertz CT molecular complexity index is 669. The quantitative estimate of drug-likeness (QED) is 0.904. The van der Waals surface area contributed by atoms with E-state index in [-0.39, 0.29) is 5.91 Å². The van der Waals surface area contributed by atoms with Crippen molar-refractivity contribution in [1.82, 2.24) is 4.98 Å². The average Bonchev–Trinajstić information content (AvgIpc) is 2.47. The van der Waals surface area contributed by atoms with Gasteiger partial charge in [-0.3, -0.25) is 9.78 Å². The summed E-state index contributed by atoms with van der Waals surface area (Å²) in [6, 6.07) is 9.05. The molecule has 0 fully saturated rings. The van der Waals surface area contributed by atoms with Gasteiger partial charge in [-0.15, -0.1) is 0 Å². The van der Waals surface area contributed by atoms with Gasteiger partial charge in [-0.2, -0.15) is 0 Å². The van der Waals surface area contributed by atoms with Crippen LogP contribution in [0.3, 0.4) is 0 Å². The number of aromatic nitrogens is 1. The van der Waals surface area contributed by atoms with Crippen molar-refractivity contribution in [2.75, 3.05) is 12.4 Å². The number of carbonyl (C=O) groups is 1. The van der Waals surface area contributed by atoms with Gasteiger partial charge in [0.15, 0.2) is 0 Å². The van der Waals surface area contributed by atoms with E-state index in [2.05, 4.69) is 10.3 Å². The molecule has 0 aliphatic rings. The van der Waals surface area contributed by atoms with Crippen LogP contribution in [0.15, 0.2) is 30.3 Å². The second-order valence-corrected chi connectivity index (χ2v) is 4.78. The van der Waals surface area contributed by atoms with Gasteiger partial charge in [0, 0.05) is 12.2 Å². The van der Waals surface area contributed by atoms with Crippen LogP contribution in [0.2, 0.25) is 0 Å². The zero-order chi connectivity index (χ0) is 15.4. The Labute approximate surface area is 124 Å². The summed E-state index contributed by atoms with van der Waals surface area (Å²) in [5.41, 5.74) is 9.28. The van der Waals surface area contributed by atoms with Gasteiger partial charge in [0.25, 0.3) is 5.91 Å². The summed E-state index contributed by atoms with van der Waals surface area (Å²) >= 11 is 0. The van der Waals surface area contributed by atoms with Crippen LogP contribution in [0, 0.1) is 13.8 Å². The largest absolute Gasteiger partial charge is 0.495 e. The van der Waals surface area contributed by atoms with Gasteiger partial charge in [-0.25, -0.2) is 0 Å². The number of nitrogens with two attached hydrogens (primary N) is 1. The van der Waals surface area contributed by atoms with Gasteiger partial charge in [0.1, 0.15) is 5.75 Å². The highest BCUT2D eigenvalue weighted by Crippen LogP contribution is 2.26. The molecular weight excluding hydrogens is 266 g/mol. The lowest BCUT2D eigenvalue weighted by Gasteiger charge is -2.12. The van der Waals surface area contributed by atoms with Crippen LogP contribution in [-0.2, 0) is 6.54 Å². The minimum atomic E-state index is -0.209. The topological polar surface area (TPSA) is 77.2 Å². The third-order valence-electron chi connectivity index (χ3n) is 3.22. The number of aryl methyl sites for hydroxylation is 2. The maximum absolute atomic E-state index is 12.3. The Balaban J connectivity index is 2.27. The average molecular weight is 285 g/mol. The summed E-state index contributed by atoms with van der Waals surface area (Å²) in [6.45, 7) is 4.13. The van der Waals surface area contributed by atoms with E-state index < -0.39 is 0 Å². The van der Waals surface area contributed by atoms with Gasteiger partial charge < -0.3 is 15.8 Å². The Morgan fingerprint density at radius 2 is 2.05 bits per heavy atom. The normalized spacial score (nSPS) is 10.3. The zero-order valence-corrected chi connectivity index (χ0v) is 12.4. The lowest BCUT2D eigenvalue weighted by molar-refractivity contribution is 0.102. The number of ether oxygens (including phenoxy) is 1. The summed E-state index contributed by atoms with van der Waals surface area (Å²) in [7, 11) is 1.56. The highest BCUT2D eigenvalue weighted by Gasteiger charge is 2.13. The van der Waals surface area contributed by atoms with Gasteiger partial charge in [-0.05, 0) is 43.7 Å². The van der Waals surface area contributed by atoms with Crippen molar-refractivity contribution in [1.29, 1.82) is 0 Å². The molecule has 0 radical (unpaired) electrons. The minimum Gasteiger partial charge on any atom is -0.495 e. The van der Waals surface area contributed by atoms with Crippen molar-refractivity contribution in [2.24, 2.45) is 5.73 Å². The number of pyridine rings is 1. The molecule has 0 bridgehead atoms. The van der Waals surface area contributed by atoms with Crippen LogP contribution in [-0.4, -0.2) is 18.0 Å². The van der Waals surface area contributed by atoms with E-state index >= 15 is 0 Å². The summed E-state index contributed by atoms with van der Waals surface area (Å²) in [5.74, 6) is 0.378. The van der Waals surface area contributed by atoms with Crippen molar-refractivity contribution in [3.05, 3.63) is 52.8 Å². The molecule has 2 rings (SSSR count). The molecule has 1 amide bonds. The Kier molecular flexibility index (Phi) is 4.55. The molecule has 3 N–H and O–H groups in total. The predicted octanol–water partition coefficient (Wildman–Crippen LogP) is 2.42. The Hall–Kier alpha value is -2.40. The fourth-order valence-corrected chi connectivity index (χ4v) is 2.08. The van der Waals surface area contributed by atoms with Crippen molar-refractivity contribution in [2.45, 2.75) is 20.4 Å². The van der Waals surface area contributed by atoms with E-state index in [1.165, 1.54) is 0 Å². The number of amides is 1. The van der Waals surface area contributed by atoms with E-state index in [1.54, 1.807) is 19.2 Å². The fourth-order valence-electron chi connectivity index (χ4n) is 2.08. The van der Waals surface area contributed by atoms with Gasteiger partial charge in [-0.1, -0.05) is 6.07 Å². The molecule has 110 valence electrons. The summed E-state index contributed by atoms with van der Waals surface area (Å²) < 4.78 is 5.29. The number of anilines is 1. The van der Waals surface area contributed by atoms with Crippen LogP contribution in [0.25, 0.3) is 0 Å². The van der Waals surface area contributed by atoms with Gasteiger partial charge in [0.05, 0.1) is 24.1 Å². The third-order valence-corrected chi connectivity index (χ3v) is 3.22. The molecule has 0 unspecified atom stereocenters. The molecule has 0 saturated carbocycles. The highest BCUT2D eigenvalue weighted by molar-refractivity contribution is 6.05. The predicted molar refractivity (Wildman–Crippen MR) is 82.5 cm³/mol. The van der Waals surface area contributed by atoms with Crippen LogP contribution >= 0.6 is 0 Å². The van der Waals surface area contributed by atoms with Crippen molar-refractivity contribution in [3.8, 4) is 5.75 Å². The first-order valence-corrected chi connectivity index (χ1v) is 6.67. The van der Waals surface area contributed by atoms with Crippen LogP contribution < -0.4 is 15.8 Å². The fraction of sp³-hybridized carbons (Fsp3) is 0.250. The lowest BCUT2D eigenvalue weighted by atomic mass is 10.1. The monoisotopic (exact) mass is 285 g/mol. The standard InChI is InChI=1S/C16H19N3O2/c1-10-4-6-13(11(2)18-10)16(20)19-14-7-5-12(9-17)8-15(14)21-3/h4-8H,9,17H2,1-3H3,(H,19,20). The first kappa shape index (κ1) is 15.0. The molecule has 1 heterocycles. The van der Waals surface area contributed by atoms with E-state index in [0.717, 1.165) is 11.3 Å². The Morgan fingerprint density at radius 1 is 1.29 bits per heavy atom. The van der Waals surface area contributed by atoms with Crippen LogP contribution in [0.4, 0.5) is 5.69 Å². The first-order chi connectivity index (χ1) is 10.0. The van der Waals surface area contributed by atoms with Crippen molar-refractivity contribution >= 4 is 11.6 Å². The number of hydrogen-bond donors (Lipinski definition) is 2. The second-order valence-electron chi connectivity index (χ2n) is 4.78. The van der Waals surface area contributed by atoms with Crippen LogP contribution in [0.1, 0.15) is 27.3 Å². The molecule has 0 spiro atoms. The maximum Gasteiger partial charge on any atom is 0.257 e. The number of benzene rings is 1. The summed E-state index contributed by atoms with van der Waals surface area (Å²) in [4.78, 5) is 16.6. The number of nitrogens with one attached hydrogen (secondary N) is 1. The van der Waals surface area contributed by atoms with Crippen molar-refractivity contribution < 1.29 is 9.53 Å². The molecule has 0 aliphatic carbocycles. The molecule has 0 aliphatic heterocycles. The molecule has 5 heteroatoms. The minimum absolute atomic E-state index is 0.209. The smallest absolute Gasteiger partial charge is 0.257 e. The number of methoxy groups -OCH3 is 1. The second kappa shape index (κ2) is 6.37. The third kappa shape index (κ3) is 3.38. The van der Waals surface area contributed by atoms with E-state index in [1.807, 2.05) is 32.0 Å². The van der Waals surface area contributed by atoms with Crippen LogP contribution in [0.5, 0.6) is 5.75 Å². The SMILES string of the molecule is COc1cc(CN)ccc1NC(=O)c1ccc(C)nc1C. The summed E-state index contributed by atoms with van der Waals surface area (Å²) in [5, 5.41) is 2.84. The Morgan fingerprint density at radius 3 is 2.67 bits per heavy atom. The number of hydrogen-bond acceptors (Lipinski definition) is 4. The van der Waals surface area contributed by atoms with Crippen molar-refractivity contribution in [3.63, 3.8) is 0 Å². The number of carbonyl (C=O) groups excluding carboxylic acids is 1. The molecule has 1 aromatic carbocycles. The molecular formula is C16H19N3O2. The summed E-state index contributed by atoms with van der Waals surface area (Å²) in [6.07, 6.45) is 0. The molecule has 0 saturated heterocycles. The molecule has 2 aromatic rings. The van der Waals surface area contributed by atoms with Gasteiger partial charge >= 0.3 is 0 Å². The molecule has 5 nitrogen and oxygen atoms in total. The first-order valence-electron chi connectivity index (χ1n) is 6.67.